The van der Waals surface area contributed by atoms with Crippen LogP contribution in [-0.2, 0) is 11.2 Å². The first kappa shape index (κ1) is 23.1. The molecule has 0 atom stereocenters. The second kappa shape index (κ2) is 9.73. The molecule has 9 nitrogen and oxygen atoms in total. The quantitative estimate of drug-likeness (QED) is 0.304. The number of methoxy groups -OCH3 is 1. The number of hydrazone groups is 1. The summed E-state index contributed by atoms with van der Waals surface area (Å²) in [5.74, 6) is -0.568. The zero-order valence-corrected chi connectivity index (χ0v) is 18.5. The molecule has 2 heterocycles. The Labute approximate surface area is 185 Å². The van der Waals surface area contributed by atoms with Gasteiger partial charge in [0.25, 0.3) is 5.91 Å². The van der Waals surface area contributed by atoms with Gasteiger partial charge in [0.1, 0.15) is 18.1 Å². The highest BCUT2D eigenvalue weighted by Gasteiger charge is 2.30. The molecule has 0 saturated heterocycles. The number of pyridine rings is 1. The number of hydrogen-bond acceptors (Lipinski definition) is 7. The number of nitrogens with zero attached hydrogens (tertiary/aromatic N) is 5. The van der Waals surface area contributed by atoms with E-state index in [1.54, 1.807) is 30.2 Å². The van der Waals surface area contributed by atoms with Crippen LogP contribution in [0, 0.1) is 12.7 Å². The maximum atomic E-state index is 15.0. The molecule has 1 aliphatic heterocycles. The Bertz CT molecular complexity index is 1060. The first-order chi connectivity index (χ1) is 15.4. The van der Waals surface area contributed by atoms with E-state index in [-0.39, 0.29) is 23.0 Å². The molecule has 2 amide bonds. The Kier molecular flexibility index (Phi) is 7.04. The minimum Gasteiger partial charge on any atom is -0.480 e. The van der Waals surface area contributed by atoms with Gasteiger partial charge in [-0.2, -0.15) is 5.10 Å². The van der Waals surface area contributed by atoms with Gasteiger partial charge in [0.15, 0.2) is 5.84 Å². The Hall–Kier alpha value is -3.53. The molecular weight excluding hydrogens is 417 g/mol. The van der Waals surface area contributed by atoms with E-state index >= 15 is 4.39 Å². The third-order valence-corrected chi connectivity index (χ3v) is 5.36. The number of amidine groups is 1. The largest absolute Gasteiger partial charge is 0.480 e. The lowest BCUT2D eigenvalue weighted by molar-refractivity contribution is -0.114. The molecular formula is C22H26FN5O4. The smallest absolute Gasteiger partial charge is 0.258 e. The molecule has 1 aromatic heterocycles. The lowest BCUT2D eigenvalue weighted by Crippen LogP contribution is -2.38. The molecule has 0 bridgehead atoms. The molecule has 1 aliphatic rings. The second-order valence-electron chi connectivity index (χ2n) is 7.24. The predicted octanol–water partition coefficient (Wildman–Crippen LogP) is 1.96. The Balaban J connectivity index is 1.97. The summed E-state index contributed by atoms with van der Waals surface area (Å²) in [6.45, 7) is 3.80. The summed E-state index contributed by atoms with van der Waals surface area (Å²) < 4.78 is 20.3. The van der Waals surface area contributed by atoms with Crippen molar-refractivity contribution in [1.29, 1.82) is 0 Å². The molecule has 170 valence electrons. The van der Waals surface area contributed by atoms with Gasteiger partial charge in [0, 0.05) is 31.9 Å². The van der Waals surface area contributed by atoms with Crippen LogP contribution >= 0.6 is 0 Å². The average molecular weight is 443 g/mol. The molecule has 32 heavy (non-hydrogen) atoms. The summed E-state index contributed by atoms with van der Waals surface area (Å²) in [4.78, 5) is 31.3. The maximum absolute atomic E-state index is 15.0. The number of carbonyl (C=O) groups is 2. The van der Waals surface area contributed by atoms with Crippen LogP contribution in [0.5, 0.6) is 5.88 Å². The number of carbonyl (C=O) groups excluding carboxylic acids is 2. The van der Waals surface area contributed by atoms with E-state index < -0.39 is 12.4 Å². The number of halogens is 1. The van der Waals surface area contributed by atoms with Gasteiger partial charge in [0.05, 0.1) is 12.8 Å². The molecule has 3 rings (SSSR count). The van der Waals surface area contributed by atoms with Crippen LogP contribution in [0.3, 0.4) is 0 Å². The number of hydrogen-bond donors (Lipinski definition) is 1. The first-order valence-electron chi connectivity index (χ1n) is 10.1. The summed E-state index contributed by atoms with van der Waals surface area (Å²) in [5, 5.41) is 15.0. The number of aliphatic hydroxyl groups is 1. The number of benzene rings is 1. The molecule has 0 aliphatic carbocycles. The van der Waals surface area contributed by atoms with Gasteiger partial charge in [-0.1, -0.05) is 0 Å². The van der Waals surface area contributed by atoms with Crippen molar-refractivity contribution in [2.24, 2.45) is 5.10 Å². The first-order valence-corrected chi connectivity index (χ1v) is 10.1. The maximum Gasteiger partial charge on any atom is 0.258 e. The predicted molar refractivity (Wildman–Crippen MR) is 119 cm³/mol. The van der Waals surface area contributed by atoms with E-state index in [0.717, 1.165) is 5.56 Å². The van der Waals surface area contributed by atoms with Crippen molar-refractivity contribution < 1.29 is 23.8 Å². The van der Waals surface area contributed by atoms with Crippen molar-refractivity contribution >= 4 is 29.5 Å². The van der Waals surface area contributed by atoms with Crippen molar-refractivity contribution in [3.8, 4) is 5.88 Å². The normalized spacial score (nSPS) is 13.6. The fourth-order valence-electron chi connectivity index (χ4n) is 3.68. The molecule has 0 radical (unpaired) electrons. The summed E-state index contributed by atoms with van der Waals surface area (Å²) in [5.41, 5.74) is 2.46. The monoisotopic (exact) mass is 443 g/mol. The molecule has 0 unspecified atom stereocenters. The molecule has 10 heteroatoms. The van der Waals surface area contributed by atoms with E-state index in [1.165, 1.54) is 30.1 Å². The zero-order valence-electron chi connectivity index (χ0n) is 18.5. The van der Waals surface area contributed by atoms with Crippen LogP contribution in [0.15, 0.2) is 29.5 Å². The number of anilines is 2. The number of aromatic nitrogens is 1. The van der Waals surface area contributed by atoms with Gasteiger partial charge in [0.2, 0.25) is 12.3 Å². The molecule has 0 fully saturated rings. The van der Waals surface area contributed by atoms with Crippen LogP contribution in [-0.4, -0.2) is 67.0 Å². The minimum atomic E-state index is -0.647. The molecule has 0 spiro atoms. The Morgan fingerprint density at radius 3 is 2.81 bits per heavy atom. The van der Waals surface area contributed by atoms with E-state index in [9.17, 15) is 14.7 Å². The molecule has 1 aromatic carbocycles. The van der Waals surface area contributed by atoms with Gasteiger partial charge in [-0.15, -0.1) is 0 Å². The fraction of sp³-hybridized carbons (Fsp3) is 0.364. The van der Waals surface area contributed by atoms with Crippen molar-refractivity contribution in [2.75, 3.05) is 43.8 Å². The summed E-state index contributed by atoms with van der Waals surface area (Å²) in [6, 6.07) is 4.55. The lowest BCUT2D eigenvalue weighted by atomic mass is 9.97. The minimum absolute atomic E-state index is 0.0866. The number of likely N-dealkylation sites (N-methyl/N-ethyl adjacent to an activating group) is 1. The highest BCUT2D eigenvalue weighted by molar-refractivity contribution is 6.09. The van der Waals surface area contributed by atoms with Crippen molar-refractivity contribution in [1.82, 2.24) is 9.88 Å². The van der Waals surface area contributed by atoms with Gasteiger partial charge in [-0.25, -0.2) is 9.37 Å². The van der Waals surface area contributed by atoms with E-state index in [4.69, 9.17) is 4.74 Å². The molecule has 1 N–H and O–H groups in total. The number of rotatable bonds is 7. The fourth-order valence-corrected chi connectivity index (χ4v) is 3.68. The van der Waals surface area contributed by atoms with Gasteiger partial charge < -0.3 is 14.7 Å². The zero-order chi connectivity index (χ0) is 23.4. The van der Waals surface area contributed by atoms with E-state index in [0.29, 0.717) is 43.1 Å². The third kappa shape index (κ3) is 4.26. The molecule has 2 aromatic rings. The Morgan fingerprint density at radius 1 is 1.44 bits per heavy atom. The number of aliphatic hydroxyl groups excluding tert-OH is 1. The number of fused-ring (bicyclic) bond motifs is 1. The highest BCUT2D eigenvalue weighted by atomic mass is 19.1. The standard InChI is InChI=1S/C22H26FN5O4/c1-5-27(13-30)19(12-29)25-26(3)18-10-15-7-9-28(22(31)16(15)11-17(18)23)20-14(2)6-8-24-21(20)32-4/h6,8,10-11,13,29H,5,7,9,12H2,1-4H3/b25-19-. The van der Waals surface area contributed by atoms with E-state index in [2.05, 4.69) is 10.1 Å². The Morgan fingerprint density at radius 2 is 2.19 bits per heavy atom. The van der Waals surface area contributed by atoms with Gasteiger partial charge in [-0.3, -0.25) is 19.5 Å². The van der Waals surface area contributed by atoms with Crippen LogP contribution in [0.1, 0.15) is 28.4 Å². The number of ether oxygens (including phenoxy) is 1. The third-order valence-electron chi connectivity index (χ3n) is 5.36. The highest BCUT2D eigenvalue weighted by Crippen LogP contribution is 2.35. The number of aryl methyl sites for hydroxylation is 1. The van der Waals surface area contributed by atoms with Crippen LogP contribution in [0.25, 0.3) is 0 Å². The van der Waals surface area contributed by atoms with Crippen LogP contribution in [0.2, 0.25) is 0 Å². The summed E-state index contributed by atoms with van der Waals surface area (Å²) in [7, 11) is 3.00. The van der Waals surface area contributed by atoms with E-state index in [1.807, 2.05) is 6.92 Å². The van der Waals surface area contributed by atoms with Crippen molar-refractivity contribution in [2.45, 2.75) is 20.3 Å². The summed E-state index contributed by atoms with van der Waals surface area (Å²) >= 11 is 0. The average Bonchev–Trinajstić information content (AvgIpc) is 2.79. The van der Waals surface area contributed by atoms with Crippen molar-refractivity contribution in [3.63, 3.8) is 0 Å². The van der Waals surface area contributed by atoms with Crippen LogP contribution in [0.4, 0.5) is 15.8 Å². The van der Waals surface area contributed by atoms with Gasteiger partial charge in [-0.05, 0) is 49.6 Å². The van der Waals surface area contributed by atoms with Crippen LogP contribution < -0.4 is 14.6 Å². The topological polar surface area (TPSA) is 98.6 Å². The van der Waals surface area contributed by atoms with Crippen molar-refractivity contribution in [3.05, 3.63) is 46.9 Å². The summed E-state index contributed by atoms with van der Waals surface area (Å²) in [6.07, 6.45) is 2.65. The second-order valence-corrected chi connectivity index (χ2v) is 7.24. The SMILES string of the molecule is CCN(C=O)/C(CO)=N\N(C)c1cc2c(cc1F)C(=O)N(c1c(C)ccnc1OC)CC2. The van der Waals surface area contributed by atoms with Gasteiger partial charge >= 0.3 is 0 Å². The number of amides is 2. The lowest BCUT2D eigenvalue weighted by Gasteiger charge is -2.31. The molecule has 0 saturated carbocycles.